The monoisotopic (exact) mass is 686 g/mol. The van der Waals surface area contributed by atoms with Gasteiger partial charge < -0.3 is 9.69 Å². The summed E-state index contributed by atoms with van der Waals surface area (Å²) in [5.74, 6) is 3.93. The van der Waals surface area contributed by atoms with Gasteiger partial charge in [-0.2, -0.15) is 31.8 Å². The molecule has 260 valence electrons. The molecular weight excluding hydrogens is 650 g/mol. The lowest BCUT2D eigenvalue weighted by molar-refractivity contribution is -0.563. The molecule has 0 radical (unpaired) electrons. The Labute approximate surface area is 271 Å². The topological polar surface area (TPSA) is 104 Å². The third kappa shape index (κ3) is 7.97. The highest BCUT2D eigenvalue weighted by Crippen LogP contribution is 2.40. The standard InChI is InChI=1S/C32H35F8N7O/c1-45(42)44-30(41)46(15-19-9-23(31(35,36)37)13-24(10-19)32(38,39)40)16-22-11-21-12-25(33)26(34)14-27(21)43-29(22)47-8-2-3-28(47)20-6-4-18(17-48)5-7-20/h9-14,17-18,20,28H,2-8,15-16,42H2,1H3,(H2,41,44)/p+1/t18?,20?,28-/m1/s1. The molecule has 48 heavy (non-hydrogen) atoms. The Hall–Kier alpha value is -4.05. The van der Waals surface area contributed by atoms with Gasteiger partial charge in [-0.05, 0) is 80.3 Å². The number of hydrogen-bond donors (Lipinski definition) is 3. The number of benzene rings is 2. The predicted octanol–water partition coefficient (Wildman–Crippen LogP) is 5.86. The lowest BCUT2D eigenvalue weighted by atomic mass is 9.78. The van der Waals surface area contributed by atoms with Gasteiger partial charge in [0.25, 0.3) is 0 Å². The number of alkyl halides is 6. The van der Waals surface area contributed by atoms with Crippen molar-refractivity contribution < 1.29 is 44.5 Å². The normalized spacial score (nSPS) is 21.1. The number of nitrogens with one attached hydrogen (secondary N) is 1. The lowest BCUT2D eigenvalue weighted by Gasteiger charge is -2.37. The van der Waals surface area contributed by atoms with Gasteiger partial charge in [-0.25, -0.2) is 19.6 Å². The molecule has 0 bridgehead atoms. The van der Waals surface area contributed by atoms with E-state index >= 15 is 0 Å². The highest BCUT2D eigenvalue weighted by Gasteiger charge is 2.38. The van der Waals surface area contributed by atoms with Gasteiger partial charge in [0, 0.05) is 42.6 Å². The van der Waals surface area contributed by atoms with Crippen LogP contribution < -0.4 is 21.9 Å². The van der Waals surface area contributed by atoms with Crippen LogP contribution in [0.2, 0.25) is 0 Å². The summed E-state index contributed by atoms with van der Waals surface area (Å²) in [6.07, 6.45) is -4.42. The summed E-state index contributed by atoms with van der Waals surface area (Å²) < 4.78 is 112. The number of hydrazine groups is 2. The molecule has 1 aliphatic carbocycles. The zero-order valence-electron chi connectivity index (χ0n) is 26.0. The van der Waals surface area contributed by atoms with Crippen LogP contribution >= 0.6 is 0 Å². The number of hydrogen-bond acceptors (Lipinski definition) is 5. The second-order valence-electron chi connectivity index (χ2n) is 12.5. The van der Waals surface area contributed by atoms with E-state index < -0.39 is 41.7 Å². The summed E-state index contributed by atoms with van der Waals surface area (Å²) in [6, 6.07) is 4.80. The maximum absolute atomic E-state index is 14.4. The van der Waals surface area contributed by atoms with Crippen LogP contribution in [0.1, 0.15) is 60.8 Å². The number of nitrogens with zero attached hydrogens (tertiary/aromatic N) is 4. The Morgan fingerprint density at radius 1 is 0.958 bits per heavy atom. The molecule has 2 aromatic carbocycles. The molecule has 1 atom stereocenters. The third-order valence-corrected chi connectivity index (χ3v) is 9.05. The van der Waals surface area contributed by atoms with Crippen molar-refractivity contribution in [1.29, 1.82) is 0 Å². The van der Waals surface area contributed by atoms with E-state index in [2.05, 4.69) is 10.3 Å². The van der Waals surface area contributed by atoms with Crippen molar-refractivity contribution in [2.75, 3.05) is 18.5 Å². The SMILES string of the molecule is CN(N)NC(N)=[N+](Cc1cc(C(F)(F)F)cc(C(F)(F)F)c1)Cc1cc2cc(F)c(F)cc2nc1N1CCC[C@@H]1C1CCC(C=O)CC1. The lowest BCUT2D eigenvalue weighted by Crippen LogP contribution is -2.51. The quantitative estimate of drug-likeness (QED) is 0.0519. The third-order valence-electron chi connectivity index (χ3n) is 9.05. The van der Waals surface area contributed by atoms with Gasteiger partial charge in [0.1, 0.15) is 12.1 Å². The van der Waals surface area contributed by atoms with Crippen molar-refractivity contribution in [3.63, 3.8) is 0 Å². The minimum absolute atomic E-state index is 0.00251. The van der Waals surface area contributed by atoms with E-state index in [4.69, 9.17) is 16.6 Å². The van der Waals surface area contributed by atoms with Gasteiger partial charge in [0.05, 0.1) is 29.7 Å². The molecule has 8 nitrogen and oxygen atoms in total. The van der Waals surface area contributed by atoms with Gasteiger partial charge in [-0.15, -0.1) is 5.12 Å². The first-order chi connectivity index (χ1) is 22.5. The Balaban J connectivity index is 1.61. The number of rotatable bonds is 8. The van der Waals surface area contributed by atoms with E-state index in [1.165, 1.54) is 11.6 Å². The van der Waals surface area contributed by atoms with Crippen molar-refractivity contribution in [3.05, 3.63) is 70.3 Å². The maximum Gasteiger partial charge on any atom is 0.416 e. The second kappa shape index (κ2) is 13.8. The molecule has 16 heteroatoms. The van der Waals surface area contributed by atoms with E-state index in [1.54, 1.807) is 6.07 Å². The Morgan fingerprint density at radius 3 is 2.17 bits per heavy atom. The van der Waals surface area contributed by atoms with Crippen LogP contribution in [0.4, 0.5) is 40.9 Å². The van der Waals surface area contributed by atoms with Gasteiger partial charge >= 0.3 is 18.3 Å². The van der Waals surface area contributed by atoms with Gasteiger partial charge in [0.15, 0.2) is 11.6 Å². The smallest absolute Gasteiger partial charge is 0.353 e. The van der Waals surface area contributed by atoms with Gasteiger partial charge in [-0.3, -0.25) is 10.3 Å². The summed E-state index contributed by atoms with van der Waals surface area (Å²) >= 11 is 0. The van der Waals surface area contributed by atoms with Gasteiger partial charge in [-0.1, -0.05) is 0 Å². The summed E-state index contributed by atoms with van der Waals surface area (Å²) in [7, 11) is 1.38. The molecule has 1 aliphatic heterocycles. The van der Waals surface area contributed by atoms with E-state index in [0.717, 1.165) is 62.1 Å². The number of halogens is 8. The number of carbonyl (C=O) groups excluding carboxylic acids is 1. The molecule has 0 amide bonds. The van der Waals surface area contributed by atoms with Crippen molar-refractivity contribution >= 4 is 29.0 Å². The number of pyridine rings is 1. The van der Waals surface area contributed by atoms with Crippen LogP contribution in [-0.2, 0) is 30.2 Å². The maximum atomic E-state index is 14.4. The first-order valence-electron chi connectivity index (χ1n) is 15.4. The minimum atomic E-state index is -5.06. The largest absolute Gasteiger partial charge is 0.416 e. The molecule has 0 unspecified atom stereocenters. The minimum Gasteiger partial charge on any atom is -0.353 e. The predicted molar refractivity (Wildman–Crippen MR) is 162 cm³/mol. The van der Waals surface area contributed by atoms with E-state index in [0.29, 0.717) is 30.1 Å². The number of guanidine groups is 1. The summed E-state index contributed by atoms with van der Waals surface area (Å²) in [5.41, 5.74) is 6.18. The van der Waals surface area contributed by atoms with E-state index in [1.807, 2.05) is 0 Å². The fourth-order valence-corrected chi connectivity index (χ4v) is 6.79. The highest BCUT2D eigenvalue weighted by atomic mass is 19.4. The summed E-state index contributed by atoms with van der Waals surface area (Å²) in [6.45, 7) is -0.157. The fraction of sp³-hybridized carbons (Fsp3) is 0.469. The molecule has 2 heterocycles. The molecule has 1 saturated carbocycles. The molecule has 5 rings (SSSR count). The number of nitrogens with two attached hydrogens (primary N) is 2. The average Bonchev–Trinajstić information content (AvgIpc) is 3.50. The average molecular weight is 687 g/mol. The van der Waals surface area contributed by atoms with Gasteiger partial charge in [0.2, 0.25) is 0 Å². The molecule has 0 spiro atoms. The van der Waals surface area contributed by atoms with Crippen molar-refractivity contribution in [2.24, 2.45) is 23.4 Å². The van der Waals surface area contributed by atoms with E-state index in [9.17, 15) is 39.9 Å². The van der Waals surface area contributed by atoms with Crippen LogP contribution in [0.25, 0.3) is 10.9 Å². The van der Waals surface area contributed by atoms with Crippen LogP contribution in [0.15, 0.2) is 36.4 Å². The molecule has 2 fully saturated rings. The zero-order valence-corrected chi connectivity index (χ0v) is 26.0. The van der Waals surface area contributed by atoms with Crippen molar-refractivity contribution in [3.8, 4) is 0 Å². The number of aromatic nitrogens is 1. The Bertz CT molecular complexity index is 1650. The first kappa shape index (κ1) is 35.3. The molecule has 3 aromatic rings. The fourth-order valence-electron chi connectivity index (χ4n) is 6.79. The Kier molecular flexibility index (Phi) is 10.2. The van der Waals surface area contributed by atoms with Crippen LogP contribution in [0.3, 0.4) is 0 Å². The molecule has 1 saturated heterocycles. The number of aldehydes is 1. The van der Waals surface area contributed by atoms with Crippen molar-refractivity contribution in [2.45, 2.75) is 70.0 Å². The number of fused-ring (bicyclic) bond motifs is 1. The molecule has 1 aromatic heterocycles. The van der Waals surface area contributed by atoms with Crippen LogP contribution in [0.5, 0.6) is 0 Å². The molecule has 5 N–H and O–H groups in total. The van der Waals surface area contributed by atoms with Crippen LogP contribution in [0, 0.1) is 23.5 Å². The summed E-state index contributed by atoms with van der Waals surface area (Å²) in [4.78, 5) is 18.2. The Morgan fingerprint density at radius 2 is 1.58 bits per heavy atom. The second-order valence-corrected chi connectivity index (χ2v) is 12.5. The van der Waals surface area contributed by atoms with Crippen LogP contribution in [-0.4, -0.2) is 46.6 Å². The first-order valence-corrected chi connectivity index (χ1v) is 15.4. The molecular formula is C32H36F8N7O+. The highest BCUT2D eigenvalue weighted by molar-refractivity contribution is 5.82. The zero-order chi connectivity index (χ0) is 35.0. The molecule has 2 aliphatic rings. The van der Waals surface area contributed by atoms with E-state index in [-0.39, 0.29) is 52.9 Å². The number of carbonyl (C=O) groups is 1. The number of anilines is 1. The van der Waals surface area contributed by atoms with Crippen molar-refractivity contribution in [1.82, 2.24) is 15.5 Å². The summed E-state index contributed by atoms with van der Waals surface area (Å²) in [5, 5.41) is 1.19.